The summed E-state index contributed by atoms with van der Waals surface area (Å²) in [6.45, 7) is 5.45. The van der Waals surface area contributed by atoms with E-state index in [0.717, 1.165) is 24.2 Å². The lowest BCUT2D eigenvalue weighted by Crippen LogP contribution is -2.34. The van der Waals surface area contributed by atoms with Crippen LogP contribution in [0.5, 0.6) is 0 Å². The number of nitrogens with zero attached hydrogens (tertiary/aromatic N) is 1. The second kappa shape index (κ2) is 5.75. The Balaban J connectivity index is 1.94. The minimum absolute atomic E-state index is 0.753. The highest BCUT2D eigenvalue weighted by Gasteiger charge is 2.21. The first-order valence-electron chi connectivity index (χ1n) is 7.11. The predicted molar refractivity (Wildman–Crippen MR) is 78.5 cm³/mol. The van der Waals surface area contributed by atoms with E-state index in [1.165, 1.54) is 36.8 Å². The highest BCUT2D eigenvalue weighted by molar-refractivity contribution is 5.48. The van der Waals surface area contributed by atoms with Crippen molar-refractivity contribution in [3.8, 4) is 0 Å². The van der Waals surface area contributed by atoms with Gasteiger partial charge in [-0.05, 0) is 62.8 Å². The van der Waals surface area contributed by atoms with Crippen LogP contribution in [0.25, 0.3) is 0 Å². The SMILES string of the molecule is Cc1ccc(CN(C)C2CCC(C)CC2)cc1N. The maximum absolute atomic E-state index is 5.97. The molecular weight excluding hydrogens is 220 g/mol. The molecule has 1 aliphatic rings. The lowest BCUT2D eigenvalue weighted by Gasteiger charge is -2.33. The number of anilines is 1. The molecule has 100 valence electrons. The van der Waals surface area contributed by atoms with E-state index in [0.29, 0.717) is 0 Å². The molecule has 1 aliphatic carbocycles. The van der Waals surface area contributed by atoms with Gasteiger partial charge in [0.2, 0.25) is 0 Å². The first kappa shape index (κ1) is 13.4. The molecule has 0 heterocycles. The van der Waals surface area contributed by atoms with Crippen LogP contribution in [0.15, 0.2) is 18.2 Å². The predicted octanol–water partition coefficient (Wildman–Crippen LogP) is 3.59. The normalized spacial score (nSPS) is 24.4. The molecule has 1 saturated carbocycles. The fourth-order valence-corrected chi connectivity index (χ4v) is 2.89. The summed E-state index contributed by atoms with van der Waals surface area (Å²) in [4.78, 5) is 2.50. The molecule has 0 saturated heterocycles. The zero-order valence-electron chi connectivity index (χ0n) is 11.9. The molecule has 2 N–H and O–H groups in total. The van der Waals surface area contributed by atoms with Gasteiger partial charge in [0.25, 0.3) is 0 Å². The van der Waals surface area contributed by atoms with Gasteiger partial charge in [-0.3, -0.25) is 4.90 Å². The number of hydrogen-bond donors (Lipinski definition) is 1. The molecule has 0 aliphatic heterocycles. The van der Waals surface area contributed by atoms with E-state index in [-0.39, 0.29) is 0 Å². The van der Waals surface area contributed by atoms with Crippen LogP contribution in [-0.4, -0.2) is 18.0 Å². The number of rotatable bonds is 3. The molecule has 2 heteroatoms. The van der Waals surface area contributed by atoms with Crippen LogP contribution in [0.4, 0.5) is 5.69 Å². The quantitative estimate of drug-likeness (QED) is 0.826. The van der Waals surface area contributed by atoms with Gasteiger partial charge in [0.1, 0.15) is 0 Å². The van der Waals surface area contributed by atoms with Crippen molar-refractivity contribution in [2.24, 2.45) is 5.92 Å². The van der Waals surface area contributed by atoms with E-state index in [1.807, 2.05) is 0 Å². The summed E-state index contributed by atoms with van der Waals surface area (Å²) in [5.41, 5.74) is 9.40. The van der Waals surface area contributed by atoms with Crippen molar-refractivity contribution in [1.82, 2.24) is 4.90 Å². The fraction of sp³-hybridized carbons (Fsp3) is 0.625. The molecular formula is C16H26N2. The minimum Gasteiger partial charge on any atom is -0.399 e. The Morgan fingerprint density at radius 3 is 2.50 bits per heavy atom. The monoisotopic (exact) mass is 246 g/mol. The zero-order valence-corrected chi connectivity index (χ0v) is 11.9. The molecule has 0 amide bonds. The molecule has 0 radical (unpaired) electrons. The van der Waals surface area contributed by atoms with E-state index in [4.69, 9.17) is 5.73 Å². The maximum atomic E-state index is 5.97. The Morgan fingerprint density at radius 1 is 1.22 bits per heavy atom. The molecule has 18 heavy (non-hydrogen) atoms. The van der Waals surface area contributed by atoms with Crippen molar-refractivity contribution in [2.75, 3.05) is 12.8 Å². The Morgan fingerprint density at radius 2 is 1.89 bits per heavy atom. The first-order chi connectivity index (χ1) is 8.56. The smallest absolute Gasteiger partial charge is 0.0346 e. The van der Waals surface area contributed by atoms with Gasteiger partial charge < -0.3 is 5.73 Å². The van der Waals surface area contributed by atoms with Crippen LogP contribution in [0.2, 0.25) is 0 Å². The average Bonchev–Trinajstić information content (AvgIpc) is 2.34. The van der Waals surface area contributed by atoms with E-state index < -0.39 is 0 Å². The number of nitrogen functional groups attached to an aromatic ring is 1. The van der Waals surface area contributed by atoms with Crippen LogP contribution in [0.1, 0.15) is 43.7 Å². The third-order valence-electron chi connectivity index (χ3n) is 4.38. The summed E-state index contributed by atoms with van der Waals surface area (Å²) in [5.74, 6) is 0.921. The third kappa shape index (κ3) is 3.26. The lowest BCUT2D eigenvalue weighted by molar-refractivity contribution is 0.164. The Hall–Kier alpha value is -1.02. The molecule has 1 fully saturated rings. The fourth-order valence-electron chi connectivity index (χ4n) is 2.89. The first-order valence-corrected chi connectivity index (χ1v) is 7.11. The van der Waals surface area contributed by atoms with E-state index in [2.05, 4.69) is 44.0 Å². The second-order valence-electron chi connectivity index (χ2n) is 6.02. The van der Waals surface area contributed by atoms with Crippen molar-refractivity contribution < 1.29 is 0 Å². The van der Waals surface area contributed by atoms with Crippen LogP contribution in [0, 0.1) is 12.8 Å². The summed E-state index contributed by atoms with van der Waals surface area (Å²) in [7, 11) is 2.25. The Bertz CT molecular complexity index is 392. The molecule has 0 aromatic heterocycles. The van der Waals surface area contributed by atoms with Crippen molar-refractivity contribution in [1.29, 1.82) is 0 Å². The van der Waals surface area contributed by atoms with E-state index in [9.17, 15) is 0 Å². The van der Waals surface area contributed by atoms with Gasteiger partial charge in [0, 0.05) is 18.3 Å². The zero-order chi connectivity index (χ0) is 13.1. The van der Waals surface area contributed by atoms with Gasteiger partial charge in [-0.25, -0.2) is 0 Å². The van der Waals surface area contributed by atoms with Gasteiger partial charge in [-0.1, -0.05) is 19.1 Å². The summed E-state index contributed by atoms with van der Waals surface area (Å²) in [5, 5.41) is 0. The van der Waals surface area contributed by atoms with Crippen molar-refractivity contribution in [2.45, 2.75) is 52.1 Å². The number of aryl methyl sites for hydroxylation is 1. The van der Waals surface area contributed by atoms with Gasteiger partial charge in [0.05, 0.1) is 0 Å². The Kier molecular flexibility index (Phi) is 4.28. The van der Waals surface area contributed by atoms with E-state index >= 15 is 0 Å². The van der Waals surface area contributed by atoms with E-state index in [1.54, 1.807) is 0 Å². The highest BCUT2D eigenvalue weighted by Crippen LogP contribution is 2.27. The van der Waals surface area contributed by atoms with Crippen molar-refractivity contribution in [3.63, 3.8) is 0 Å². The van der Waals surface area contributed by atoms with Crippen molar-refractivity contribution in [3.05, 3.63) is 29.3 Å². The summed E-state index contributed by atoms with van der Waals surface area (Å²) in [6.07, 6.45) is 5.45. The summed E-state index contributed by atoms with van der Waals surface area (Å²) in [6, 6.07) is 7.20. The molecule has 0 atom stereocenters. The second-order valence-corrected chi connectivity index (χ2v) is 6.02. The highest BCUT2D eigenvalue weighted by atomic mass is 15.1. The molecule has 2 nitrogen and oxygen atoms in total. The Labute approximate surface area is 111 Å². The molecule has 1 aromatic carbocycles. The lowest BCUT2D eigenvalue weighted by atomic mass is 9.86. The molecule has 0 bridgehead atoms. The topological polar surface area (TPSA) is 29.3 Å². The number of hydrogen-bond acceptors (Lipinski definition) is 2. The van der Waals surface area contributed by atoms with Gasteiger partial charge in [-0.15, -0.1) is 0 Å². The molecule has 1 aromatic rings. The molecule has 2 rings (SSSR count). The van der Waals surface area contributed by atoms with Gasteiger partial charge in [-0.2, -0.15) is 0 Å². The minimum atomic E-state index is 0.753. The van der Waals surface area contributed by atoms with Crippen LogP contribution in [0.3, 0.4) is 0 Å². The van der Waals surface area contributed by atoms with Crippen molar-refractivity contribution >= 4 is 5.69 Å². The van der Waals surface area contributed by atoms with Crippen LogP contribution < -0.4 is 5.73 Å². The average molecular weight is 246 g/mol. The molecule has 0 unspecified atom stereocenters. The number of nitrogens with two attached hydrogens (primary N) is 1. The van der Waals surface area contributed by atoms with Crippen LogP contribution >= 0.6 is 0 Å². The third-order valence-corrected chi connectivity index (χ3v) is 4.38. The summed E-state index contributed by atoms with van der Waals surface area (Å²) >= 11 is 0. The van der Waals surface area contributed by atoms with Gasteiger partial charge in [0.15, 0.2) is 0 Å². The molecule has 0 spiro atoms. The summed E-state index contributed by atoms with van der Waals surface area (Å²) < 4.78 is 0. The standard InChI is InChI=1S/C16H26N2/c1-12-4-8-15(9-5-12)18(3)11-14-7-6-13(2)16(17)10-14/h6-7,10,12,15H,4-5,8-9,11,17H2,1-3H3. The van der Waals surface area contributed by atoms with Crippen LogP contribution in [-0.2, 0) is 6.54 Å². The van der Waals surface area contributed by atoms with Gasteiger partial charge >= 0.3 is 0 Å². The largest absolute Gasteiger partial charge is 0.399 e. The maximum Gasteiger partial charge on any atom is 0.0346 e. The number of benzene rings is 1.